The number of aromatic nitrogens is 1. The van der Waals surface area contributed by atoms with Crippen LogP contribution in [0.15, 0.2) is 36.5 Å². The molecule has 1 amide bonds. The molecule has 2 heterocycles. The third-order valence-corrected chi connectivity index (χ3v) is 4.40. The van der Waals surface area contributed by atoms with Crippen molar-refractivity contribution in [2.75, 3.05) is 18.4 Å². The van der Waals surface area contributed by atoms with Gasteiger partial charge in [0, 0.05) is 18.1 Å². The molecule has 4 nitrogen and oxygen atoms in total. The van der Waals surface area contributed by atoms with Crippen LogP contribution < -0.4 is 5.32 Å². The average molecular weight is 350 g/mol. The van der Waals surface area contributed by atoms with Gasteiger partial charge < -0.3 is 10.2 Å². The van der Waals surface area contributed by atoms with Crippen molar-refractivity contribution in [3.05, 3.63) is 52.3 Å². The lowest BCUT2D eigenvalue weighted by atomic mass is 10.1. The number of hydrogen-bond donors (Lipinski definition) is 1. The zero-order valence-electron chi connectivity index (χ0n) is 12.6. The molecule has 0 saturated carbocycles. The Morgan fingerprint density at radius 3 is 2.57 bits per heavy atom. The Bertz CT molecular complexity index is 697. The fourth-order valence-electron chi connectivity index (χ4n) is 2.60. The first-order valence-electron chi connectivity index (χ1n) is 7.61. The van der Waals surface area contributed by atoms with Crippen LogP contribution in [0.4, 0.5) is 11.4 Å². The van der Waals surface area contributed by atoms with Crippen LogP contribution in [0.25, 0.3) is 0 Å². The lowest BCUT2D eigenvalue weighted by Gasteiger charge is -2.26. The second-order valence-electron chi connectivity index (χ2n) is 5.53. The Morgan fingerprint density at radius 2 is 1.87 bits per heavy atom. The smallest absolute Gasteiger partial charge is 0.272 e. The van der Waals surface area contributed by atoms with E-state index in [1.807, 2.05) is 11.0 Å². The number of likely N-dealkylation sites (tertiary alicyclic amines) is 1. The number of benzene rings is 1. The number of carbonyl (C=O) groups is 1. The van der Waals surface area contributed by atoms with Gasteiger partial charge >= 0.3 is 0 Å². The van der Waals surface area contributed by atoms with Gasteiger partial charge in [-0.05, 0) is 49.6 Å². The molecule has 0 atom stereocenters. The average Bonchev–Trinajstić information content (AvgIpc) is 2.59. The number of amides is 1. The molecule has 6 heteroatoms. The lowest BCUT2D eigenvalue weighted by molar-refractivity contribution is 0.0718. The Hall–Kier alpha value is -1.78. The van der Waals surface area contributed by atoms with Gasteiger partial charge in [0.1, 0.15) is 5.69 Å². The fourth-order valence-corrected chi connectivity index (χ4v) is 2.94. The molecule has 1 aliphatic rings. The molecular weight excluding hydrogens is 333 g/mol. The van der Waals surface area contributed by atoms with Gasteiger partial charge in [0.25, 0.3) is 5.91 Å². The Kier molecular flexibility index (Phi) is 5.03. The lowest BCUT2D eigenvalue weighted by Crippen LogP contribution is -2.36. The van der Waals surface area contributed by atoms with Gasteiger partial charge in [-0.25, -0.2) is 4.98 Å². The summed E-state index contributed by atoms with van der Waals surface area (Å²) in [5, 5.41) is 4.33. The molecule has 120 valence electrons. The summed E-state index contributed by atoms with van der Waals surface area (Å²) in [7, 11) is 0. The summed E-state index contributed by atoms with van der Waals surface area (Å²) in [6.45, 7) is 1.64. The van der Waals surface area contributed by atoms with Gasteiger partial charge in [-0.3, -0.25) is 4.79 Å². The van der Waals surface area contributed by atoms with Crippen LogP contribution >= 0.6 is 23.2 Å². The van der Waals surface area contributed by atoms with E-state index in [1.165, 1.54) is 6.42 Å². The van der Waals surface area contributed by atoms with Gasteiger partial charge in [0.2, 0.25) is 0 Å². The second-order valence-corrected chi connectivity index (χ2v) is 6.38. The Morgan fingerprint density at radius 1 is 1.09 bits per heavy atom. The van der Waals surface area contributed by atoms with Crippen LogP contribution in [-0.4, -0.2) is 28.9 Å². The number of halogens is 2. The molecule has 0 radical (unpaired) electrons. The van der Waals surface area contributed by atoms with E-state index in [2.05, 4.69) is 10.3 Å². The zero-order chi connectivity index (χ0) is 16.2. The molecule has 0 unspecified atom stereocenters. The van der Waals surface area contributed by atoms with Gasteiger partial charge in [-0.2, -0.15) is 0 Å². The van der Waals surface area contributed by atoms with Gasteiger partial charge in [-0.15, -0.1) is 0 Å². The number of nitrogens with zero attached hydrogens (tertiary/aromatic N) is 2. The Labute approximate surface area is 145 Å². The van der Waals surface area contributed by atoms with Crippen molar-refractivity contribution in [2.24, 2.45) is 0 Å². The summed E-state index contributed by atoms with van der Waals surface area (Å²) in [4.78, 5) is 18.5. The van der Waals surface area contributed by atoms with Crippen molar-refractivity contribution in [1.82, 2.24) is 9.88 Å². The molecule has 0 aliphatic carbocycles. The van der Waals surface area contributed by atoms with E-state index in [0.29, 0.717) is 21.4 Å². The number of carbonyl (C=O) groups excluding carboxylic acids is 1. The molecule has 1 aromatic carbocycles. The molecule has 0 spiro atoms. The van der Waals surface area contributed by atoms with Crippen LogP contribution in [0.1, 0.15) is 29.8 Å². The summed E-state index contributed by atoms with van der Waals surface area (Å²) in [5.74, 6) is -0.00274. The maximum Gasteiger partial charge on any atom is 0.272 e. The topological polar surface area (TPSA) is 45.2 Å². The number of nitrogens with one attached hydrogen (secondary N) is 1. The van der Waals surface area contributed by atoms with Crippen molar-refractivity contribution in [3.63, 3.8) is 0 Å². The number of piperidine rings is 1. The van der Waals surface area contributed by atoms with Crippen LogP contribution in [-0.2, 0) is 0 Å². The third kappa shape index (κ3) is 3.95. The highest BCUT2D eigenvalue weighted by molar-refractivity contribution is 6.35. The van der Waals surface area contributed by atoms with Crippen LogP contribution in [0, 0.1) is 0 Å². The first-order chi connectivity index (χ1) is 11.1. The molecule has 23 heavy (non-hydrogen) atoms. The van der Waals surface area contributed by atoms with E-state index in [0.717, 1.165) is 31.6 Å². The highest BCUT2D eigenvalue weighted by atomic mass is 35.5. The van der Waals surface area contributed by atoms with Gasteiger partial charge in [0.05, 0.1) is 22.6 Å². The zero-order valence-corrected chi connectivity index (χ0v) is 14.1. The molecule has 2 aromatic rings. The SMILES string of the molecule is O=C(c1ccc(Nc2cc(Cl)ccc2Cl)cn1)N1CCCCC1. The summed E-state index contributed by atoms with van der Waals surface area (Å²) >= 11 is 12.1. The molecule has 0 bridgehead atoms. The van der Waals surface area contributed by atoms with Crippen LogP contribution in [0.5, 0.6) is 0 Å². The summed E-state index contributed by atoms with van der Waals surface area (Å²) in [6, 6.07) is 8.76. The quantitative estimate of drug-likeness (QED) is 0.868. The first-order valence-corrected chi connectivity index (χ1v) is 8.36. The molecule has 1 aromatic heterocycles. The minimum absolute atomic E-state index is 0.00274. The molecule has 1 N–H and O–H groups in total. The maximum absolute atomic E-state index is 12.4. The van der Waals surface area contributed by atoms with Crippen LogP contribution in [0.2, 0.25) is 10.0 Å². The number of anilines is 2. The largest absolute Gasteiger partial charge is 0.353 e. The predicted molar refractivity (Wildman–Crippen MR) is 93.7 cm³/mol. The molecular formula is C17H17Cl2N3O. The van der Waals surface area contributed by atoms with E-state index >= 15 is 0 Å². The highest BCUT2D eigenvalue weighted by Crippen LogP contribution is 2.28. The maximum atomic E-state index is 12.4. The summed E-state index contributed by atoms with van der Waals surface area (Å²) < 4.78 is 0. The number of rotatable bonds is 3. The van der Waals surface area contributed by atoms with Crippen molar-refractivity contribution >= 4 is 40.5 Å². The number of pyridine rings is 1. The second kappa shape index (κ2) is 7.20. The van der Waals surface area contributed by atoms with E-state index in [1.54, 1.807) is 30.5 Å². The van der Waals surface area contributed by atoms with E-state index in [4.69, 9.17) is 23.2 Å². The third-order valence-electron chi connectivity index (χ3n) is 3.83. The molecule has 1 aliphatic heterocycles. The van der Waals surface area contributed by atoms with Gasteiger partial charge in [0.15, 0.2) is 0 Å². The summed E-state index contributed by atoms with van der Waals surface area (Å²) in [6.07, 6.45) is 4.96. The molecule has 3 rings (SSSR count). The Balaban J connectivity index is 1.71. The predicted octanol–water partition coefficient (Wildman–Crippen LogP) is 4.76. The van der Waals surface area contributed by atoms with Crippen molar-refractivity contribution in [2.45, 2.75) is 19.3 Å². The number of hydrogen-bond acceptors (Lipinski definition) is 3. The molecule has 1 saturated heterocycles. The van der Waals surface area contributed by atoms with Gasteiger partial charge in [-0.1, -0.05) is 23.2 Å². The molecule has 1 fully saturated rings. The standard InChI is InChI=1S/C17H17Cl2N3O/c18-12-4-6-14(19)16(10-12)21-13-5-7-15(20-11-13)17(23)22-8-2-1-3-9-22/h4-7,10-11,21H,1-3,8-9H2. The van der Waals surface area contributed by atoms with Crippen molar-refractivity contribution in [1.29, 1.82) is 0 Å². The fraction of sp³-hybridized carbons (Fsp3) is 0.294. The van der Waals surface area contributed by atoms with Crippen molar-refractivity contribution in [3.8, 4) is 0 Å². The van der Waals surface area contributed by atoms with E-state index in [-0.39, 0.29) is 5.91 Å². The van der Waals surface area contributed by atoms with Crippen molar-refractivity contribution < 1.29 is 4.79 Å². The van der Waals surface area contributed by atoms with E-state index < -0.39 is 0 Å². The monoisotopic (exact) mass is 349 g/mol. The minimum atomic E-state index is -0.00274. The normalized spacial score (nSPS) is 14.6. The minimum Gasteiger partial charge on any atom is -0.353 e. The highest BCUT2D eigenvalue weighted by Gasteiger charge is 2.19. The van der Waals surface area contributed by atoms with Crippen LogP contribution in [0.3, 0.4) is 0 Å². The summed E-state index contributed by atoms with van der Waals surface area (Å²) in [5.41, 5.74) is 1.93. The first kappa shape index (κ1) is 16.1. The van der Waals surface area contributed by atoms with E-state index in [9.17, 15) is 4.79 Å².